The molecule has 3 aliphatic heterocycles. The molecule has 3 aromatic heterocycles. The van der Waals surface area contributed by atoms with E-state index >= 15 is 0 Å². The minimum absolute atomic E-state index is 0.0619. The van der Waals surface area contributed by atoms with E-state index in [1.165, 1.54) is 11.3 Å². The number of nitrogens with zero attached hydrogens (tertiary/aromatic N) is 6. The van der Waals surface area contributed by atoms with E-state index in [1.807, 2.05) is 36.7 Å². The second kappa shape index (κ2) is 10.3. The molecule has 2 fully saturated rings. The third-order valence-electron chi connectivity index (χ3n) is 8.25. The monoisotopic (exact) mass is 543 g/mol. The molecule has 208 valence electrons. The van der Waals surface area contributed by atoms with Crippen LogP contribution in [0.3, 0.4) is 0 Å². The first-order valence-electron chi connectivity index (χ1n) is 13.8. The zero-order valence-corrected chi connectivity index (χ0v) is 22.8. The molecule has 3 aliphatic rings. The Labute approximate surface area is 232 Å². The van der Waals surface area contributed by atoms with Crippen LogP contribution in [0.15, 0.2) is 42.7 Å². The molecule has 1 aromatic carbocycles. The molecule has 0 bridgehead atoms. The number of hydrogen-bond donors (Lipinski definition) is 1. The maximum atomic E-state index is 5.87. The summed E-state index contributed by atoms with van der Waals surface area (Å²) in [6.45, 7) is 6.29. The summed E-state index contributed by atoms with van der Waals surface area (Å²) < 4.78 is 22.6. The highest BCUT2D eigenvalue weighted by Crippen LogP contribution is 2.39. The summed E-state index contributed by atoms with van der Waals surface area (Å²) in [5.41, 5.74) is 5.83. The molecule has 0 radical (unpaired) electrons. The van der Waals surface area contributed by atoms with Crippen LogP contribution in [0.1, 0.15) is 37.1 Å². The predicted molar refractivity (Wildman–Crippen MR) is 149 cm³/mol. The molecule has 1 atom stereocenters. The van der Waals surface area contributed by atoms with Crippen LogP contribution < -0.4 is 14.5 Å². The molecular weight excluding hydrogens is 510 g/mol. The van der Waals surface area contributed by atoms with E-state index in [2.05, 4.69) is 38.0 Å². The van der Waals surface area contributed by atoms with Gasteiger partial charge in [0.1, 0.15) is 5.75 Å². The number of H-pyrrole nitrogens is 1. The van der Waals surface area contributed by atoms with Crippen LogP contribution in [-0.4, -0.2) is 77.7 Å². The Morgan fingerprint density at radius 1 is 1.05 bits per heavy atom. The summed E-state index contributed by atoms with van der Waals surface area (Å²) in [6, 6.07) is 9.96. The third-order valence-corrected chi connectivity index (χ3v) is 8.25. The number of anilines is 2. The van der Waals surface area contributed by atoms with Crippen molar-refractivity contribution in [2.24, 2.45) is 0 Å². The van der Waals surface area contributed by atoms with Crippen LogP contribution >= 0.6 is 0 Å². The predicted octanol–water partition coefficient (Wildman–Crippen LogP) is 3.86. The largest absolute Gasteiger partial charge is 0.467 e. The van der Waals surface area contributed by atoms with Gasteiger partial charge in [0.15, 0.2) is 18.2 Å². The van der Waals surface area contributed by atoms with E-state index in [4.69, 9.17) is 28.9 Å². The Kier molecular flexibility index (Phi) is 6.49. The summed E-state index contributed by atoms with van der Waals surface area (Å²) in [4.78, 5) is 17.7. The molecular formula is C29H33N7O4. The van der Waals surface area contributed by atoms with Gasteiger partial charge in [0.2, 0.25) is 5.95 Å². The fourth-order valence-corrected chi connectivity index (χ4v) is 6.17. The Morgan fingerprint density at radius 3 is 2.60 bits per heavy atom. The first-order chi connectivity index (χ1) is 19.6. The normalized spacial score (nSPS) is 20.3. The van der Waals surface area contributed by atoms with Gasteiger partial charge in [-0.25, -0.2) is 9.97 Å². The molecule has 11 nitrogen and oxygen atoms in total. The first-order valence-corrected chi connectivity index (χ1v) is 13.8. The molecule has 2 saturated heterocycles. The van der Waals surface area contributed by atoms with E-state index in [0.29, 0.717) is 19.0 Å². The van der Waals surface area contributed by atoms with Crippen molar-refractivity contribution in [2.45, 2.75) is 38.0 Å². The molecule has 40 heavy (non-hydrogen) atoms. The van der Waals surface area contributed by atoms with Gasteiger partial charge in [-0.1, -0.05) is 12.1 Å². The standard InChI is InChI=1S/C29H33N7O4/c1-19-26-22-15-24(21-5-3-4-6-25(21)38-18-37-2)33-34-27(22)32-23(26)7-10-36(19)28-30-16-20(17-31-28)35-11-8-29(9-12-35)39-13-14-40-29/h3-6,15-17,19H,7-14,18H2,1-2H3,(H,32,34)/t19-/m1/s1. The minimum atomic E-state index is -0.388. The zero-order valence-electron chi connectivity index (χ0n) is 22.8. The lowest BCUT2D eigenvalue weighted by atomic mass is 9.97. The van der Waals surface area contributed by atoms with Crippen molar-refractivity contribution in [1.29, 1.82) is 0 Å². The molecule has 1 spiro atoms. The SMILES string of the molecule is COCOc1ccccc1-c1cc2c3c([nH]c2nn1)CCN(c1ncc(N2CCC4(CC2)OCCO4)cn1)[C@@H]3C. The number of aromatic nitrogens is 5. The molecule has 11 heteroatoms. The highest BCUT2D eigenvalue weighted by Gasteiger charge is 2.40. The number of hydrogen-bond acceptors (Lipinski definition) is 10. The average Bonchev–Trinajstić information content (AvgIpc) is 3.61. The first kappa shape index (κ1) is 25.2. The fraction of sp³-hybridized carbons (Fsp3) is 0.448. The van der Waals surface area contributed by atoms with Crippen molar-refractivity contribution in [3.63, 3.8) is 0 Å². The van der Waals surface area contributed by atoms with Crippen LogP contribution in [0.5, 0.6) is 5.75 Å². The highest BCUT2D eigenvalue weighted by atomic mass is 16.7. The summed E-state index contributed by atoms with van der Waals surface area (Å²) in [7, 11) is 1.61. The topological polar surface area (TPSA) is 111 Å². The summed E-state index contributed by atoms with van der Waals surface area (Å²) >= 11 is 0. The van der Waals surface area contributed by atoms with Crippen LogP contribution in [0.25, 0.3) is 22.3 Å². The number of piperidine rings is 1. The molecule has 0 unspecified atom stereocenters. The maximum Gasteiger partial charge on any atom is 0.225 e. The average molecular weight is 544 g/mol. The van der Waals surface area contributed by atoms with Gasteiger partial charge in [0.25, 0.3) is 0 Å². The molecule has 0 saturated carbocycles. The minimum Gasteiger partial charge on any atom is -0.467 e. The van der Waals surface area contributed by atoms with Crippen LogP contribution in [-0.2, 0) is 20.6 Å². The maximum absolute atomic E-state index is 5.87. The lowest BCUT2D eigenvalue weighted by molar-refractivity contribution is -0.169. The van der Waals surface area contributed by atoms with Gasteiger partial charge in [0, 0.05) is 68.2 Å². The van der Waals surface area contributed by atoms with Gasteiger partial charge >= 0.3 is 0 Å². The lowest BCUT2D eigenvalue weighted by Crippen LogP contribution is -2.45. The Morgan fingerprint density at radius 2 is 1.82 bits per heavy atom. The van der Waals surface area contributed by atoms with Crippen molar-refractivity contribution in [3.05, 3.63) is 54.0 Å². The summed E-state index contributed by atoms with van der Waals surface area (Å²) in [5.74, 6) is 1.05. The summed E-state index contributed by atoms with van der Waals surface area (Å²) in [5, 5.41) is 10.1. The van der Waals surface area contributed by atoms with Gasteiger partial charge in [0.05, 0.1) is 43.0 Å². The molecule has 1 N–H and O–H groups in total. The van der Waals surface area contributed by atoms with Gasteiger partial charge < -0.3 is 33.7 Å². The Bertz CT molecular complexity index is 1490. The Hall–Kier alpha value is -3.80. The van der Waals surface area contributed by atoms with Crippen molar-refractivity contribution in [3.8, 4) is 17.0 Å². The van der Waals surface area contributed by atoms with Gasteiger partial charge in [-0.3, -0.25) is 0 Å². The van der Waals surface area contributed by atoms with Crippen LogP contribution in [0.2, 0.25) is 0 Å². The quantitative estimate of drug-likeness (QED) is 0.360. The van der Waals surface area contributed by atoms with Crippen molar-refractivity contribution in [2.75, 3.05) is 56.6 Å². The molecule has 0 amide bonds. The number of fused-ring (bicyclic) bond motifs is 3. The van der Waals surface area contributed by atoms with Gasteiger partial charge in [-0.2, -0.15) is 0 Å². The van der Waals surface area contributed by atoms with Crippen molar-refractivity contribution < 1.29 is 18.9 Å². The third kappa shape index (κ3) is 4.43. The number of benzene rings is 1. The van der Waals surface area contributed by atoms with E-state index in [9.17, 15) is 0 Å². The van der Waals surface area contributed by atoms with E-state index < -0.39 is 0 Å². The second-order valence-corrected chi connectivity index (χ2v) is 10.5. The molecule has 7 rings (SSSR count). The smallest absolute Gasteiger partial charge is 0.225 e. The van der Waals surface area contributed by atoms with E-state index in [1.54, 1.807) is 7.11 Å². The zero-order chi connectivity index (χ0) is 27.1. The van der Waals surface area contributed by atoms with Crippen molar-refractivity contribution >= 4 is 22.7 Å². The van der Waals surface area contributed by atoms with Gasteiger partial charge in [-0.15, -0.1) is 10.2 Å². The number of nitrogens with one attached hydrogen (secondary N) is 1. The molecule has 6 heterocycles. The molecule has 4 aromatic rings. The number of para-hydroxylation sites is 1. The number of methoxy groups -OCH3 is 1. The lowest BCUT2D eigenvalue weighted by Gasteiger charge is -2.38. The van der Waals surface area contributed by atoms with Gasteiger partial charge in [-0.05, 0) is 25.1 Å². The van der Waals surface area contributed by atoms with E-state index in [0.717, 1.165) is 72.8 Å². The second-order valence-electron chi connectivity index (χ2n) is 10.5. The van der Waals surface area contributed by atoms with Crippen molar-refractivity contribution in [1.82, 2.24) is 25.1 Å². The number of ether oxygens (including phenoxy) is 4. The van der Waals surface area contributed by atoms with Crippen LogP contribution in [0, 0.1) is 0 Å². The van der Waals surface area contributed by atoms with E-state index in [-0.39, 0.29) is 18.6 Å². The fourth-order valence-electron chi connectivity index (χ4n) is 6.17. The van der Waals surface area contributed by atoms with Crippen LogP contribution in [0.4, 0.5) is 11.6 Å². The number of rotatable bonds is 6. The highest BCUT2D eigenvalue weighted by molar-refractivity contribution is 5.86. The number of aromatic amines is 1. The molecule has 0 aliphatic carbocycles. The Balaban J connectivity index is 1.13. The summed E-state index contributed by atoms with van der Waals surface area (Å²) in [6.07, 6.45) is 6.44.